The second-order valence-electron chi connectivity index (χ2n) is 5.63. The van der Waals surface area contributed by atoms with Gasteiger partial charge in [0.05, 0.1) is 6.10 Å². The summed E-state index contributed by atoms with van der Waals surface area (Å²) in [5, 5.41) is 10.6. The van der Waals surface area contributed by atoms with Crippen LogP contribution in [-0.2, 0) is 9.53 Å². The van der Waals surface area contributed by atoms with Crippen molar-refractivity contribution in [2.75, 3.05) is 0 Å². The summed E-state index contributed by atoms with van der Waals surface area (Å²) in [5.74, 6) is 0.134. The van der Waals surface area contributed by atoms with E-state index >= 15 is 0 Å². The predicted molar refractivity (Wildman–Crippen MR) is 60.8 cm³/mol. The lowest BCUT2D eigenvalue weighted by Gasteiger charge is -2.33. The third-order valence-corrected chi connectivity index (χ3v) is 4.06. The summed E-state index contributed by atoms with van der Waals surface area (Å²) < 4.78 is 5.49. The maximum absolute atomic E-state index is 12.2. The molecule has 2 aliphatic rings. The van der Waals surface area contributed by atoms with Gasteiger partial charge in [0.2, 0.25) is 5.78 Å². The van der Waals surface area contributed by atoms with Gasteiger partial charge in [-0.05, 0) is 38.7 Å². The molecular weight excluding hydrogens is 204 g/mol. The summed E-state index contributed by atoms with van der Waals surface area (Å²) in [6.45, 7) is 7.66. The Morgan fingerprint density at radius 3 is 2.69 bits per heavy atom. The molecule has 3 heteroatoms. The Morgan fingerprint density at radius 2 is 2.19 bits per heavy atom. The van der Waals surface area contributed by atoms with Gasteiger partial charge in [0.25, 0.3) is 0 Å². The smallest absolute Gasteiger partial charge is 0.229 e. The first-order valence-corrected chi connectivity index (χ1v) is 5.98. The number of hydrogen-bond donors (Lipinski definition) is 1. The number of carbonyl (C=O) groups excluding carboxylic acids is 1. The zero-order valence-electron chi connectivity index (χ0n) is 10.4. The molecule has 0 saturated heterocycles. The van der Waals surface area contributed by atoms with Crippen LogP contribution in [0.4, 0.5) is 0 Å². The average Bonchev–Trinajstić information content (AvgIpc) is 2.51. The van der Waals surface area contributed by atoms with Crippen LogP contribution >= 0.6 is 0 Å². The molecule has 0 heterocycles. The SMILES string of the molecule is CC(C)OC1=C[C@]2(C)CC[C@H](C)[C@]2(O)C1=O. The number of Topliss-reactive ketones (excluding diaryl/α,β-unsaturated/α-hetero) is 1. The first kappa shape index (κ1) is 11.6. The van der Waals surface area contributed by atoms with Gasteiger partial charge in [-0.15, -0.1) is 0 Å². The predicted octanol–water partition coefficient (Wildman–Crippen LogP) is 2.05. The van der Waals surface area contributed by atoms with Gasteiger partial charge in [0.15, 0.2) is 5.76 Å². The second-order valence-corrected chi connectivity index (χ2v) is 5.63. The molecule has 0 amide bonds. The Morgan fingerprint density at radius 1 is 1.56 bits per heavy atom. The van der Waals surface area contributed by atoms with Crippen molar-refractivity contribution in [2.24, 2.45) is 11.3 Å². The monoisotopic (exact) mass is 224 g/mol. The molecule has 2 aliphatic carbocycles. The molecule has 90 valence electrons. The summed E-state index contributed by atoms with van der Waals surface area (Å²) in [6.07, 6.45) is 3.54. The fourth-order valence-electron chi connectivity index (χ4n) is 3.03. The van der Waals surface area contributed by atoms with E-state index in [1.165, 1.54) is 0 Å². The Bertz CT molecular complexity index is 358. The van der Waals surface area contributed by atoms with Crippen LogP contribution in [-0.4, -0.2) is 22.6 Å². The topological polar surface area (TPSA) is 46.5 Å². The number of hydrogen-bond acceptors (Lipinski definition) is 3. The first-order chi connectivity index (χ1) is 7.31. The highest BCUT2D eigenvalue weighted by molar-refractivity contribution is 6.04. The number of ether oxygens (including phenoxy) is 1. The van der Waals surface area contributed by atoms with Gasteiger partial charge < -0.3 is 9.84 Å². The molecule has 0 aromatic carbocycles. The van der Waals surface area contributed by atoms with E-state index in [9.17, 15) is 9.90 Å². The molecular formula is C13H20O3. The van der Waals surface area contributed by atoms with Crippen LogP contribution in [0.25, 0.3) is 0 Å². The van der Waals surface area contributed by atoms with Crippen molar-refractivity contribution < 1.29 is 14.6 Å². The quantitative estimate of drug-likeness (QED) is 0.780. The average molecular weight is 224 g/mol. The zero-order valence-corrected chi connectivity index (χ0v) is 10.4. The van der Waals surface area contributed by atoms with Gasteiger partial charge >= 0.3 is 0 Å². The van der Waals surface area contributed by atoms with Crippen molar-refractivity contribution in [2.45, 2.75) is 52.2 Å². The van der Waals surface area contributed by atoms with Crippen molar-refractivity contribution in [1.29, 1.82) is 0 Å². The largest absolute Gasteiger partial charge is 0.487 e. The standard InChI is InChI=1S/C13H20O3/c1-8(2)16-10-7-12(4)6-5-9(3)13(12,15)11(10)14/h7-9,15H,5-6H2,1-4H3/t9-,12-,13-/m0/s1. The van der Waals surface area contributed by atoms with Crippen molar-refractivity contribution in [1.82, 2.24) is 0 Å². The summed E-state index contributed by atoms with van der Waals surface area (Å²) in [7, 11) is 0. The number of rotatable bonds is 2. The van der Waals surface area contributed by atoms with Gasteiger partial charge in [-0.2, -0.15) is 0 Å². The molecule has 0 aromatic heterocycles. The van der Waals surface area contributed by atoms with Gasteiger partial charge in [-0.25, -0.2) is 0 Å². The highest BCUT2D eigenvalue weighted by Crippen LogP contribution is 2.56. The molecule has 0 aliphatic heterocycles. The normalized spacial score (nSPS) is 42.5. The van der Waals surface area contributed by atoms with Crippen molar-refractivity contribution >= 4 is 5.78 Å². The van der Waals surface area contributed by atoms with Crippen LogP contribution in [0.2, 0.25) is 0 Å². The first-order valence-electron chi connectivity index (χ1n) is 5.98. The van der Waals surface area contributed by atoms with E-state index in [4.69, 9.17) is 4.74 Å². The summed E-state index contributed by atoms with van der Waals surface area (Å²) in [5.41, 5.74) is -1.68. The van der Waals surface area contributed by atoms with Crippen molar-refractivity contribution in [3.05, 3.63) is 11.8 Å². The van der Waals surface area contributed by atoms with E-state index in [2.05, 4.69) is 0 Å². The Hall–Kier alpha value is -0.830. The number of fused-ring (bicyclic) bond motifs is 1. The Balaban J connectivity index is 2.36. The van der Waals surface area contributed by atoms with E-state index in [1.54, 1.807) is 0 Å². The molecule has 0 bridgehead atoms. The molecule has 1 saturated carbocycles. The minimum atomic E-state index is -1.24. The van der Waals surface area contributed by atoms with Gasteiger partial charge in [-0.1, -0.05) is 13.8 Å². The molecule has 0 spiro atoms. The fourth-order valence-corrected chi connectivity index (χ4v) is 3.03. The van der Waals surface area contributed by atoms with Crippen molar-refractivity contribution in [3.8, 4) is 0 Å². The zero-order chi connectivity index (χ0) is 12.1. The molecule has 0 unspecified atom stereocenters. The van der Waals surface area contributed by atoms with Crippen LogP contribution in [0.3, 0.4) is 0 Å². The Kier molecular flexibility index (Phi) is 2.42. The fraction of sp³-hybridized carbons (Fsp3) is 0.769. The maximum Gasteiger partial charge on any atom is 0.229 e. The van der Waals surface area contributed by atoms with Crippen LogP contribution in [0.15, 0.2) is 11.8 Å². The highest BCUT2D eigenvalue weighted by Gasteiger charge is 2.63. The molecule has 3 atom stereocenters. The molecule has 1 fully saturated rings. The molecule has 16 heavy (non-hydrogen) atoms. The van der Waals surface area contributed by atoms with Crippen LogP contribution < -0.4 is 0 Å². The van der Waals surface area contributed by atoms with Crippen LogP contribution in [0, 0.1) is 11.3 Å². The third kappa shape index (κ3) is 1.27. The van der Waals surface area contributed by atoms with E-state index in [1.807, 2.05) is 33.8 Å². The molecule has 3 nitrogen and oxygen atoms in total. The van der Waals surface area contributed by atoms with E-state index < -0.39 is 11.0 Å². The number of ketones is 1. The van der Waals surface area contributed by atoms with E-state index in [0.29, 0.717) is 5.76 Å². The minimum absolute atomic E-state index is 0.00881. The van der Waals surface area contributed by atoms with Gasteiger partial charge in [-0.3, -0.25) is 4.79 Å². The van der Waals surface area contributed by atoms with Crippen LogP contribution in [0.5, 0.6) is 0 Å². The van der Waals surface area contributed by atoms with Crippen molar-refractivity contribution in [3.63, 3.8) is 0 Å². The second kappa shape index (κ2) is 3.33. The summed E-state index contributed by atoms with van der Waals surface area (Å²) in [4.78, 5) is 12.2. The minimum Gasteiger partial charge on any atom is -0.487 e. The highest BCUT2D eigenvalue weighted by atomic mass is 16.5. The van der Waals surface area contributed by atoms with Gasteiger partial charge in [0, 0.05) is 5.41 Å². The lowest BCUT2D eigenvalue weighted by Crippen LogP contribution is -2.48. The molecule has 1 N–H and O–H groups in total. The summed E-state index contributed by atoms with van der Waals surface area (Å²) >= 11 is 0. The third-order valence-electron chi connectivity index (χ3n) is 4.06. The van der Waals surface area contributed by atoms with Crippen LogP contribution in [0.1, 0.15) is 40.5 Å². The lowest BCUT2D eigenvalue weighted by molar-refractivity contribution is -0.145. The van der Waals surface area contributed by atoms with Gasteiger partial charge in [0.1, 0.15) is 5.60 Å². The summed E-state index contributed by atoms with van der Waals surface area (Å²) in [6, 6.07) is 0. The molecule has 0 radical (unpaired) electrons. The van der Waals surface area contributed by atoms with E-state index in [-0.39, 0.29) is 17.8 Å². The number of aliphatic hydroxyl groups is 1. The number of carbonyl (C=O) groups is 1. The van der Waals surface area contributed by atoms with E-state index in [0.717, 1.165) is 12.8 Å². The Labute approximate surface area is 96.5 Å². The maximum atomic E-state index is 12.2. The molecule has 0 aromatic rings. The lowest BCUT2D eigenvalue weighted by atomic mass is 9.75. The molecule has 2 rings (SSSR count).